The van der Waals surface area contributed by atoms with Crippen LogP contribution in [0.25, 0.3) is 0 Å². The Morgan fingerprint density at radius 3 is 2.72 bits per heavy atom. The number of hydrogen-bond donors (Lipinski definition) is 3. The van der Waals surface area contributed by atoms with Gasteiger partial charge in [0, 0.05) is 18.7 Å². The third-order valence-electron chi connectivity index (χ3n) is 4.11. The van der Waals surface area contributed by atoms with Gasteiger partial charge in [0.1, 0.15) is 0 Å². The second-order valence-electron chi connectivity index (χ2n) is 6.74. The standard InChI is InChI=1S/C18H26ClN3O2.ClH/c1-12(2)10-21-18(24)15-5-4-14(9-16(15)19)22-17(23)6-3-13-7-8-20-11-13;/h4-5,9,12-13,20H,3,6-8,10-11H2,1-2H3,(H,21,24)(H,22,23);1H. The smallest absolute Gasteiger partial charge is 0.252 e. The first-order valence-electron chi connectivity index (χ1n) is 8.54. The summed E-state index contributed by atoms with van der Waals surface area (Å²) in [6.45, 7) is 6.70. The first kappa shape index (κ1) is 21.7. The largest absolute Gasteiger partial charge is 0.352 e. The summed E-state index contributed by atoms with van der Waals surface area (Å²) in [6, 6.07) is 4.99. The van der Waals surface area contributed by atoms with E-state index in [0.29, 0.717) is 41.1 Å². The molecule has 2 amide bonds. The summed E-state index contributed by atoms with van der Waals surface area (Å²) < 4.78 is 0. The molecule has 1 aliphatic heterocycles. The Labute approximate surface area is 160 Å². The van der Waals surface area contributed by atoms with Gasteiger partial charge in [0.05, 0.1) is 10.6 Å². The molecule has 0 aliphatic carbocycles. The maximum atomic E-state index is 12.1. The molecule has 25 heavy (non-hydrogen) atoms. The predicted molar refractivity (Wildman–Crippen MR) is 105 cm³/mol. The average Bonchev–Trinajstić information content (AvgIpc) is 3.04. The van der Waals surface area contributed by atoms with Gasteiger partial charge in [-0.05, 0) is 56.0 Å². The van der Waals surface area contributed by atoms with E-state index in [1.807, 2.05) is 13.8 Å². The maximum Gasteiger partial charge on any atom is 0.252 e. The summed E-state index contributed by atoms with van der Waals surface area (Å²) in [5.41, 5.74) is 1.04. The van der Waals surface area contributed by atoms with Gasteiger partial charge < -0.3 is 16.0 Å². The van der Waals surface area contributed by atoms with E-state index >= 15 is 0 Å². The fraction of sp³-hybridized carbons (Fsp3) is 0.556. The molecule has 0 bridgehead atoms. The van der Waals surface area contributed by atoms with Crippen LogP contribution in [0.4, 0.5) is 5.69 Å². The lowest BCUT2D eigenvalue weighted by Crippen LogP contribution is -2.27. The molecule has 1 atom stereocenters. The van der Waals surface area contributed by atoms with E-state index in [9.17, 15) is 9.59 Å². The molecule has 1 aromatic rings. The van der Waals surface area contributed by atoms with E-state index in [2.05, 4.69) is 16.0 Å². The van der Waals surface area contributed by atoms with Crippen LogP contribution < -0.4 is 16.0 Å². The molecule has 2 rings (SSSR count). The zero-order valence-electron chi connectivity index (χ0n) is 14.7. The second-order valence-corrected chi connectivity index (χ2v) is 7.15. The Hall–Kier alpha value is -1.30. The molecule has 1 saturated heterocycles. The monoisotopic (exact) mass is 387 g/mol. The van der Waals surface area contributed by atoms with Gasteiger partial charge in [0.2, 0.25) is 5.91 Å². The van der Waals surface area contributed by atoms with Crippen LogP contribution in [0.15, 0.2) is 18.2 Å². The molecule has 1 heterocycles. The second kappa shape index (κ2) is 10.6. The van der Waals surface area contributed by atoms with Gasteiger partial charge in [-0.15, -0.1) is 12.4 Å². The third kappa shape index (κ3) is 7.22. The highest BCUT2D eigenvalue weighted by Gasteiger charge is 2.16. The Balaban J connectivity index is 0.00000312. The Bertz CT molecular complexity index is 588. The van der Waals surface area contributed by atoms with Gasteiger partial charge in [-0.1, -0.05) is 25.4 Å². The van der Waals surface area contributed by atoms with Crippen LogP contribution in [-0.2, 0) is 4.79 Å². The van der Waals surface area contributed by atoms with Crippen molar-refractivity contribution in [3.63, 3.8) is 0 Å². The van der Waals surface area contributed by atoms with Gasteiger partial charge >= 0.3 is 0 Å². The van der Waals surface area contributed by atoms with E-state index in [-0.39, 0.29) is 24.2 Å². The number of hydrogen-bond acceptors (Lipinski definition) is 3. The molecule has 3 N–H and O–H groups in total. The van der Waals surface area contributed by atoms with Crippen LogP contribution in [0, 0.1) is 11.8 Å². The predicted octanol–water partition coefficient (Wildman–Crippen LogP) is 3.48. The molecule has 140 valence electrons. The van der Waals surface area contributed by atoms with Crippen LogP contribution in [0.2, 0.25) is 5.02 Å². The molecule has 0 aromatic heterocycles. The van der Waals surface area contributed by atoms with Gasteiger partial charge in [-0.25, -0.2) is 0 Å². The zero-order chi connectivity index (χ0) is 17.5. The fourth-order valence-electron chi connectivity index (χ4n) is 2.69. The number of anilines is 1. The van der Waals surface area contributed by atoms with Crippen molar-refractivity contribution in [3.05, 3.63) is 28.8 Å². The van der Waals surface area contributed by atoms with Crippen molar-refractivity contribution in [1.82, 2.24) is 10.6 Å². The SMILES string of the molecule is CC(C)CNC(=O)c1ccc(NC(=O)CCC2CCNC2)cc1Cl.Cl. The lowest BCUT2D eigenvalue weighted by Gasteiger charge is -2.11. The quantitative estimate of drug-likeness (QED) is 0.670. The minimum atomic E-state index is -0.194. The van der Waals surface area contributed by atoms with Crippen molar-refractivity contribution in [2.45, 2.75) is 33.1 Å². The Morgan fingerprint density at radius 2 is 2.12 bits per heavy atom. The van der Waals surface area contributed by atoms with Gasteiger partial charge in [-0.3, -0.25) is 9.59 Å². The molecular weight excluding hydrogens is 361 g/mol. The number of carbonyl (C=O) groups excluding carboxylic acids is 2. The fourth-order valence-corrected chi connectivity index (χ4v) is 2.95. The first-order valence-corrected chi connectivity index (χ1v) is 8.92. The van der Waals surface area contributed by atoms with Crippen LogP contribution in [0.1, 0.15) is 43.5 Å². The van der Waals surface area contributed by atoms with E-state index in [0.717, 1.165) is 25.9 Å². The maximum absolute atomic E-state index is 12.1. The van der Waals surface area contributed by atoms with Crippen molar-refractivity contribution in [1.29, 1.82) is 0 Å². The van der Waals surface area contributed by atoms with Crippen molar-refractivity contribution in [2.75, 3.05) is 25.0 Å². The van der Waals surface area contributed by atoms with Crippen molar-refractivity contribution < 1.29 is 9.59 Å². The van der Waals surface area contributed by atoms with Crippen molar-refractivity contribution >= 4 is 41.5 Å². The summed E-state index contributed by atoms with van der Waals surface area (Å²) in [5, 5.41) is 9.32. The summed E-state index contributed by atoms with van der Waals surface area (Å²) in [6.07, 6.45) is 2.53. The number of halogens is 2. The summed E-state index contributed by atoms with van der Waals surface area (Å²) >= 11 is 6.18. The van der Waals surface area contributed by atoms with E-state index < -0.39 is 0 Å². The highest BCUT2D eigenvalue weighted by atomic mass is 35.5. The molecule has 7 heteroatoms. The minimum absolute atomic E-state index is 0. The Morgan fingerprint density at radius 1 is 1.36 bits per heavy atom. The number of rotatable bonds is 7. The summed E-state index contributed by atoms with van der Waals surface area (Å²) in [7, 11) is 0. The molecule has 1 fully saturated rings. The number of nitrogens with one attached hydrogen (secondary N) is 3. The molecule has 0 saturated carbocycles. The molecular formula is C18H27Cl2N3O2. The van der Waals surface area contributed by atoms with Gasteiger partial charge in [0.15, 0.2) is 0 Å². The normalized spacial score (nSPS) is 16.4. The lowest BCUT2D eigenvalue weighted by atomic mass is 10.0. The third-order valence-corrected chi connectivity index (χ3v) is 4.42. The molecule has 1 aliphatic rings. The lowest BCUT2D eigenvalue weighted by molar-refractivity contribution is -0.116. The van der Waals surface area contributed by atoms with Gasteiger partial charge in [-0.2, -0.15) is 0 Å². The number of benzene rings is 1. The molecule has 1 unspecified atom stereocenters. The van der Waals surface area contributed by atoms with E-state index in [4.69, 9.17) is 11.6 Å². The molecule has 1 aromatic carbocycles. The summed E-state index contributed by atoms with van der Waals surface area (Å²) in [5.74, 6) is 0.753. The number of carbonyl (C=O) groups is 2. The van der Waals surface area contributed by atoms with Crippen molar-refractivity contribution in [2.24, 2.45) is 11.8 Å². The topological polar surface area (TPSA) is 70.2 Å². The number of amides is 2. The van der Waals surface area contributed by atoms with Gasteiger partial charge in [0.25, 0.3) is 5.91 Å². The first-order chi connectivity index (χ1) is 11.5. The van der Waals surface area contributed by atoms with Crippen LogP contribution >= 0.6 is 24.0 Å². The van der Waals surface area contributed by atoms with Crippen LogP contribution in [-0.4, -0.2) is 31.4 Å². The van der Waals surface area contributed by atoms with Crippen molar-refractivity contribution in [3.8, 4) is 0 Å². The van der Waals surface area contributed by atoms with E-state index in [1.54, 1.807) is 18.2 Å². The Kier molecular flexibility index (Phi) is 9.25. The average molecular weight is 388 g/mol. The molecule has 0 spiro atoms. The zero-order valence-corrected chi connectivity index (χ0v) is 16.3. The minimum Gasteiger partial charge on any atom is -0.352 e. The summed E-state index contributed by atoms with van der Waals surface area (Å²) in [4.78, 5) is 24.1. The van der Waals surface area contributed by atoms with Crippen LogP contribution in [0.5, 0.6) is 0 Å². The highest BCUT2D eigenvalue weighted by molar-refractivity contribution is 6.34. The van der Waals surface area contributed by atoms with E-state index in [1.165, 1.54) is 0 Å². The molecule has 5 nitrogen and oxygen atoms in total. The highest BCUT2D eigenvalue weighted by Crippen LogP contribution is 2.22. The molecule has 0 radical (unpaired) electrons. The van der Waals surface area contributed by atoms with Crippen LogP contribution in [0.3, 0.4) is 0 Å².